The van der Waals surface area contributed by atoms with Gasteiger partial charge in [0.1, 0.15) is 5.82 Å². The predicted molar refractivity (Wildman–Crippen MR) is 92.8 cm³/mol. The summed E-state index contributed by atoms with van der Waals surface area (Å²) in [6.45, 7) is 6.36. The molecule has 1 amide bonds. The summed E-state index contributed by atoms with van der Waals surface area (Å²) in [5.41, 5.74) is 0. The Morgan fingerprint density at radius 2 is 1.96 bits per heavy atom. The number of aromatic nitrogens is 2. The van der Waals surface area contributed by atoms with Crippen molar-refractivity contribution in [3.05, 3.63) is 18.2 Å². The van der Waals surface area contributed by atoms with Crippen LogP contribution >= 0.6 is 0 Å². The second-order valence-electron chi connectivity index (χ2n) is 7.23. The number of aryl methyl sites for hydroxylation is 1. The molecule has 0 aliphatic carbocycles. The monoisotopic (exact) mass is 348 g/mol. The molecule has 3 heterocycles. The number of imidazole rings is 1. The first-order valence-electron chi connectivity index (χ1n) is 9.32. The number of aliphatic carboxylic acids is 1. The minimum absolute atomic E-state index is 0.130. The summed E-state index contributed by atoms with van der Waals surface area (Å²) in [5.74, 6) is -0.436. The number of carbonyl (C=O) groups is 2. The summed E-state index contributed by atoms with van der Waals surface area (Å²) in [7, 11) is 0. The zero-order valence-electron chi connectivity index (χ0n) is 14.9. The Morgan fingerprint density at radius 3 is 2.64 bits per heavy atom. The van der Waals surface area contributed by atoms with Gasteiger partial charge in [0.25, 0.3) is 0 Å². The number of amides is 1. The average molecular weight is 348 g/mol. The molecule has 0 saturated carbocycles. The molecule has 2 atom stereocenters. The highest BCUT2D eigenvalue weighted by molar-refractivity contribution is 5.80. The third-order valence-electron chi connectivity index (χ3n) is 5.27. The maximum absolute atomic E-state index is 12.8. The Kier molecular flexibility index (Phi) is 5.73. The number of carbonyl (C=O) groups excluding carboxylic acids is 1. The van der Waals surface area contributed by atoms with Crippen LogP contribution in [0.15, 0.2) is 12.4 Å². The number of piperidine rings is 1. The number of hydrogen-bond acceptors (Lipinski definition) is 4. The lowest BCUT2D eigenvalue weighted by atomic mass is 9.88. The van der Waals surface area contributed by atoms with Gasteiger partial charge in [0.2, 0.25) is 5.91 Å². The van der Waals surface area contributed by atoms with E-state index in [4.69, 9.17) is 0 Å². The van der Waals surface area contributed by atoms with E-state index in [9.17, 15) is 14.7 Å². The van der Waals surface area contributed by atoms with Crippen molar-refractivity contribution < 1.29 is 14.7 Å². The van der Waals surface area contributed by atoms with E-state index in [1.165, 1.54) is 0 Å². The van der Waals surface area contributed by atoms with Gasteiger partial charge < -0.3 is 14.6 Å². The number of carboxylic acid groups (broad SMARTS) is 1. The molecule has 2 aliphatic rings. The second kappa shape index (κ2) is 7.99. The minimum Gasteiger partial charge on any atom is -0.481 e. The zero-order chi connectivity index (χ0) is 17.8. The van der Waals surface area contributed by atoms with Crippen molar-refractivity contribution in [1.82, 2.24) is 19.4 Å². The molecule has 0 radical (unpaired) electrons. The molecule has 0 unspecified atom stereocenters. The topological polar surface area (TPSA) is 78.7 Å². The third kappa shape index (κ3) is 4.21. The molecule has 25 heavy (non-hydrogen) atoms. The highest BCUT2D eigenvalue weighted by Gasteiger charge is 2.37. The summed E-state index contributed by atoms with van der Waals surface area (Å²) in [6, 6.07) is 0. The van der Waals surface area contributed by atoms with E-state index in [-0.39, 0.29) is 11.8 Å². The van der Waals surface area contributed by atoms with Gasteiger partial charge in [-0.25, -0.2) is 4.98 Å². The minimum atomic E-state index is -0.805. The van der Waals surface area contributed by atoms with Crippen LogP contribution in [-0.2, 0) is 22.7 Å². The fraction of sp³-hybridized carbons (Fsp3) is 0.722. The van der Waals surface area contributed by atoms with Gasteiger partial charge in [-0.3, -0.25) is 14.5 Å². The molecule has 7 nitrogen and oxygen atoms in total. The molecule has 2 aliphatic heterocycles. The van der Waals surface area contributed by atoms with Crippen LogP contribution in [0, 0.1) is 11.8 Å². The van der Waals surface area contributed by atoms with Crippen LogP contribution < -0.4 is 0 Å². The van der Waals surface area contributed by atoms with Gasteiger partial charge in [0.15, 0.2) is 0 Å². The van der Waals surface area contributed by atoms with Gasteiger partial charge in [-0.05, 0) is 25.7 Å². The molecule has 3 rings (SSSR count). The third-order valence-corrected chi connectivity index (χ3v) is 5.27. The van der Waals surface area contributed by atoms with Crippen LogP contribution in [0.25, 0.3) is 0 Å². The number of likely N-dealkylation sites (tertiary alicyclic amines) is 2. The second-order valence-corrected chi connectivity index (χ2v) is 7.23. The molecular weight excluding hydrogens is 320 g/mol. The van der Waals surface area contributed by atoms with E-state index in [1.807, 2.05) is 11.1 Å². The van der Waals surface area contributed by atoms with Crippen molar-refractivity contribution in [2.75, 3.05) is 26.2 Å². The van der Waals surface area contributed by atoms with Crippen molar-refractivity contribution in [1.29, 1.82) is 0 Å². The first-order chi connectivity index (χ1) is 12.1. The van der Waals surface area contributed by atoms with Gasteiger partial charge in [0.05, 0.1) is 18.4 Å². The molecule has 1 aromatic rings. The highest BCUT2D eigenvalue weighted by Crippen LogP contribution is 2.26. The average Bonchev–Trinajstić information content (AvgIpc) is 3.27. The van der Waals surface area contributed by atoms with Crippen LogP contribution in [0.3, 0.4) is 0 Å². The van der Waals surface area contributed by atoms with Crippen molar-refractivity contribution in [3.8, 4) is 0 Å². The molecule has 0 bridgehead atoms. The first-order valence-corrected chi connectivity index (χ1v) is 9.32. The van der Waals surface area contributed by atoms with E-state index in [1.54, 1.807) is 6.20 Å². The lowest BCUT2D eigenvalue weighted by Crippen LogP contribution is -2.48. The van der Waals surface area contributed by atoms with Gasteiger partial charge >= 0.3 is 5.97 Å². The lowest BCUT2D eigenvalue weighted by molar-refractivity contribution is -0.147. The number of rotatable bonds is 6. The molecular formula is C18H28N4O3. The molecule has 2 saturated heterocycles. The van der Waals surface area contributed by atoms with Crippen molar-refractivity contribution in [3.63, 3.8) is 0 Å². The van der Waals surface area contributed by atoms with Crippen molar-refractivity contribution >= 4 is 11.9 Å². The van der Waals surface area contributed by atoms with E-state index >= 15 is 0 Å². The SMILES string of the molecule is CCCn1ccnc1CN1C[C@@H](C(=O)O)C[C@@H](C(=O)N2CCCC2)C1. The zero-order valence-corrected chi connectivity index (χ0v) is 14.9. The Labute approximate surface area is 148 Å². The largest absolute Gasteiger partial charge is 0.481 e. The summed E-state index contributed by atoms with van der Waals surface area (Å²) in [4.78, 5) is 32.8. The van der Waals surface area contributed by atoms with Crippen molar-refractivity contribution in [2.45, 2.75) is 45.7 Å². The summed E-state index contributed by atoms with van der Waals surface area (Å²) in [5, 5.41) is 9.51. The molecule has 1 N–H and O–H groups in total. The van der Waals surface area contributed by atoms with Gasteiger partial charge in [-0.1, -0.05) is 6.92 Å². The standard InChI is InChI=1S/C18H28N4O3/c1-2-6-21-9-5-19-16(21)13-20-11-14(10-15(12-20)18(24)25)17(23)22-7-3-4-8-22/h5,9,14-15H,2-4,6-8,10-13H2,1H3,(H,24,25)/t14-,15+/m1/s1. The smallest absolute Gasteiger partial charge is 0.307 e. The maximum atomic E-state index is 12.8. The van der Waals surface area contributed by atoms with Crippen molar-refractivity contribution in [2.24, 2.45) is 11.8 Å². The fourth-order valence-electron chi connectivity index (χ4n) is 4.01. The van der Waals surface area contributed by atoms with Crippen LogP contribution in [0.5, 0.6) is 0 Å². The van der Waals surface area contributed by atoms with Crippen LogP contribution in [0.4, 0.5) is 0 Å². The van der Waals surface area contributed by atoms with E-state index in [0.29, 0.717) is 26.1 Å². The van der Waals surface area contributed by atoms with Crippen LogP contribution in [0.1, 0.15) is 38.4 Å². The number of hydrogen-bond donors (Lipinski definition) is 1. The Balaban J connectivity index is 1.70. The van der Waals surface area contributed by atoms with E-state index < -0.39 is 11.9 Å². The molecule has 1 aromatic heterocycles. The first kappa shape index (κ1) is 17.9. The molecule has 2 fully saturated rings. The molecule has 138 valence electrons. The number of carboxylic acids is 1. The van der Waals surface area contributed by atoms with Gasteiger partial charge in [-0.15, -0.1) is 0 Å². The Hall–Kier alpha value is -1.89. The molecule has 0 spiro atoms. The fourth-order valence-corrected chi connectivity index (χ4v) is 4.01. The summed E-state index contributed by atoms with van der Waals surface area (Å²) < 4.78 is 2.11. The molecule has 7 heteroatoms. The predicted octanol–water partition coefficient (Wildman–Crippen LogP) is 1.44. The summed E-state index contributed by atoms with van der Waals surface area (Å²) in [6.07, 6.45) is 7.33. The summed E-state index contributed by atoms with van der Waals surface area (Å²) >= 11 is 0. The quantitative estimate of drug-likeness (QED) is 0.841. The molecule has 0 aromatic carbocycles. The lowest BCUT2D eigenvalue weighted by Gasteiger charge is -2.36. The Bertz CT molecular complexity index is 609. The highest BCUT2D eigenvalue weighted by atomic mass is 16.4. The Morgan fingerprint density at radius 1 is 1.24 bits per heavy atom. The van der Waals surface area contributed by atoms with E-state index in [2.05, 4.69) is 21.4 Å². The van der Waals surface area contributed by atoms with Crippen LogP contribution in [-0.4, -0.2) is 62.5 Å². The maximum Gasteiger partial charge on any atom is 0.307 e. The number of nitrogens with zero attached hydrogens (tertiary/aromatic N) is 4. The van der Waals surface area contributed by atoms with E-state index in [0.717, 1.165) is 44.7 Å². The normalized spacial score (nSPS) is 24.6. The van der Waals surface area contributed by atoms with Crippen LogP contribution in [0.2, 0.25) is 0 Å². The van der Waals surface area contributed by atoms with Gasteiger partial charge in [-0.2, -0.15) is 0 Å². The van der Waals surface area contributed by atoms with Gasteiger partial charge in [0, 0.05) is 45.1 Å².